The van der Waals surface area contributed by atoms with Gasteiger partial charge in [-0.15, -0.1) is 6.58 Å². The van der Waals surface area contributed by atoms with Gasteiger partial charge in [-0.2, -0.15) is 0 Å². The normalized spacial score (nSPS) is 14.4. The third-order valence-corrected chi connectivity index (χ3v) is 4.81. The topological polar surface area (TPSA) is 79.5 Å². The van der Waals surface area contributed by atoms with Gasteiger partial charge in [-0.1, -0.05) is 18.9 Å². The molecule has 0 radical (unpaired) electrons. The number of rotatable bonds is 7. The Bertz CT molecular complexity index is 684. The summed E-state index contributed by atoms with van der Waals surface area (Å²) in [4.78, 5) is 41.8. The summed E-state index contributed by atoms with van der Waals surface area (Å²) in [5.41, 5.74) is 1.89. The molecule has 1 aromatic heterocycles. The van der Waals surface area contributed by atoms with Gasteiger partial charge < -0.3 is 14.6 Å². The van der Waals surface area contributed by atoms with Crippen LogP contribution in [0.25, 0.3) is 0 Å². The minimum Gasteiger partial charge on any atom is -0.464 e. The highest BCUT2D eigenvalue weighted by molar-refractivity contribution is 6.04. The molecule has 1 aliphatic carbocycles. The van der Waals surface area contributed by atoms with E-state index in [1.807, 2.05) is 0 Å². The molecule has 0 aliphatic heterocycles. The monoisotopic (exact) mass is 346 g/mol. The SMILES string of the molecule is C=CCN(CC(=O)c1c(C)[nH]c(C(=O)OC)c1C)C(=O)C1CCCC1. The third-order valence-electron chi connectivity index (χ3n) is 4.81. The summed E-state index contributed by atoms with van der Waals surface area (Å²) < 4.78 is 4.73. The van der Waals surface area contributed by atoms with Crippen LogP contribution >= 0.6 is 0 Å². The molecule has 1 heterocycles. The molecular weight excluding hydrogens is 320 g/mol. The molecule has 1 saturated carbocycles. The van der Waals surface area contributed by atoms with Crippen molar-refractivity contribution in [2.45, 2.75) is 39.5 Å². The smallest absolute Gasteiger partial charge is 0.354 e. The number of esters is 1. The lowest BCUT2D eigenvalue weighted by molar-refractivity contribution is -0.134. The minimum absolute atomic E-state index is 0.00630. The van der Waals surface area contributed by atoms with Crippen LogP contribution in [0.15, 0.2) is 12.7 Å². The fourth-order valence-corrected chi connectivity index (χ4v) is 3.55. The first-order chi connectivity index (χ1) is 11.9. The lowest BCUT2D eigenvalue weighted by atomic mass is 10.0. The largest absolute Gasteiger partial charge is 0.464 e. The zero-order chi connectivity index (χ0) is 18.6. The second-order valence-electron chi connectivity index (χ2n) is 6.53. The standard InChI is InChI=1S/C19H26N2O4/c1-5-10-21(18(23)14-8-6-7-9-14)11-15(22)16-12(2)17(19(24)25-4)20-13(16)3/h5,14,20H,1,6-11H2,2-4H3. The number of carbonyl (C=O) groups excluding carboxylic acids is 3. The summed E-state index contributed by atoms with van der Waals surface area (Å²) in [6.07, 6.45) is 5.52. The second kappa shape index (κ2) is 8.14. The summed E-state index contributed by atoms with van der Waals surface area (Å²) in [5, 5.41) is 0. The van der Waals surface area contributed by atoms with Gasteiger partial charge in [-0.05, 0) is 32.3 Å². The highest BCUT2D eigenvalue weighted by atomic mass is 16.5. The molecule has 0 aromatic carbocycles. The number of aromatic nitrogens is 1. The van der Waals surface area contributed by atoms with E-state index in [1.165, 1.54) is 7.11 Å². The van der Waals surface area contributed by atoms with Crippen molar-refractivity contribution >= 4 is 17.7 Å². The number of carbonyl (C=O) groups is 3. The van der Waals surface area contributed by atoms with Gasteiger partial charge in [0.1, 0.15) is 5.69 Å². The van der Waals surface area contributed by atoms with Gasteiger partial charge in [0.25, 0.3) is 0 Å². The fraction of sp³-hybridized carbons (Fsp3) is 0.526. The van der Waals surface area contributed by atoms with Gasteiger partial charge in [0.05, 0.1) is 13.7 Å². The van der Waals surface area contributed by atoms with E-state index >= 15 is 0 Å². The van der Waals surface area contributed by atoms with Crippen molar-refractivity contribution in [2.75, 3.05) is 20.2 Å². The lowest BCUT2D eigenvalue weighted by Crippen LogP contribution is -2.39. The van der Waals surface area contributed by atoms with E-state index in [4.69, 9.17) is 4.74 Å². The Morgan fingerprint density at radius 3 is 2.48 bits per heavy atom. The predicted octanol–water partition coefficient (Wildman–Crippen LogP) is 2.81. The highest BCUT2D eigenvalue weighted by Gasteiger charge is 2.29. The minimum atomic E-state index is -0.510. The van der Waals surface area contributed by atoms with Crippen LogP contribution in [0.3, 0.4) is 0 Å². The maximum atomic E-state index is 12.8. The molecule has 0 spiro atoms. The van der Waals surface area contributed by atoms with Crippen LogP contribution in [0.1, 0.15) is 57.8 Å². The number of nitrogens with one attached hydrogen (secondary N) is 1. The van der Waals surface area contributed by atoms with Crippen LogP contribution < -0.4 is 0 Å². The number of hydrogen-bond donors (Lipinski definition) is 1. The van der Waals surface area contributed by atoms with Crippen LogP contribution in [0.2, 0.25) is 0 Å². The molecule has 1 amide bonds. The average Bonchev–Trinajstić information content (AvgIpc) is 3.21. The van der Waals surface area contributed by atoms with E-state index in [0.29, 0.717) is 23.4 Å². The first-order valence-electron chi connectivity index (χ1n) is 8.61. The van der Waals surface area contributed by atoms with E-state index in [1.54, 1.807) is 24.8 Å². The number of amides is 1. The van der Waals surface area contributed by atoms with Crippen molar-refractivity contribution in [3.8, 4) is 0 Å². The van der Waals surface area contributed by atoms with Gasteiger partial charge in [-0.25, -0.2) is 4.79 Å². The molecule has 0 atom stereocenters. The second-order valence-corrected chi connectivity index (χ2v) is 6.53. The van der Waals surface area contributed by atoms with Crippen LogP contribution in [0.5, 0.6) is 0 Å². The fourth-order valence-electron chi connectivity index (χ4n) is 3.55. The van der Waals surface area contributed by atoms with Crippen molar-refractivity contribution in [2.24, 2.45) is 5.92 Å². The molecule has 1 aromatic rings. The number of ether oxygens (including phenoxy) is 1. The zero-order valence-electron chi connectivity index (χ0n) is 15.2. The first-order valence-corrected chi connectivity index (χ1v) is 8.61. The predicted molar refractivity (Wildman–Crippen MR) is 94.7 cm³/mol. The van der Waals surface area contributed by atoms with Crippen LogP contribution in [0, 0.1) is 19.8 Å². The molecule has 0 bridgehead atoms. The number of ketones is 1. The maximum absolute atomic E-state index is 12.8. The maximum Gasteiger partial charge on any atom is 0.354 e. The van der Waals surface area contributed by atoms with Gasteiger partial charge in [0, 0.05) is 23.7 Å². The van der Waals surface area contributed by atoms with Crippen molar-refractivity contribution in [3.05, 3.63) is 35.2 Å². The molecule has 2 rings (SSSR count). The van der Waals surface area contributed by atoms with Crippen molar-refractivity contribution < 1.29 is 19.1 Å². The van der Waals surface area contributed by atoms with E-state index < -0.39 is 5.97 Å². The summed E-state index contributed by atoms with van der Waals surface area (Å²) in [6.45, 7) is 7.47. The summed E-state index contributed by atoms with van der Waals surface area (Å²) in [5.74, 6) is -0.671. The quantitative estimate of drug-likeness (QED) is 0.468. The Labute approximate surface area is 148 Å². The van der Waals surface area contributed by atoms with Gasteiger partial charge >= 0.3 is 5.97 Å². The summed E-state index contributed by atoms with van der Waals surface area (Å²) in [7, 11) is 1.30. The Morgan fingerprint density at radius 2 is 1.92 bits per heavy atom. The molecule has 1 N–H and O–H groups in total. The number of nitrogens with zero attached hydrogens (tertiary/aromatic N) is 1. The number of aryl methyl sites for hydroxylation is 1. The van der Waals surface area contributed by atoms with Crippen molar-refractivity contribution in [1.29, 1.82) is 0 Å². The number of hydrogen-bond acceptors (Lipinski definition) is 4. The first kappa shape index (κ1) is 19.0. The third kappa shape index (κ3) is 4.00. The summed E-state index contributed by atoms with van der Waals surface area (Å²) in [6, 6.07) is 0. The Balaban J connectivity index is 2.21. The van der Waals surface area contributed by atoms with Crippen molar-refractivity contribution in [3.63, 3.8) is 0 Å². The average molecular weight is 346 g/mol. The van der Waals surface area contributed by atoms with E-state index in [2.05, 4.69) is 11.6 Å². The van der Waals surface area contributed by atoms with E-state index in [-0.39, 0.29) is 29.8 Å². The number of Topliss-reactive ketones (excluding diaryl/α,β-unsaturated/α-hetero) is 1. The molecule has 6 nitrogen and oxygen atoms in total. The molecule has 25 heavy (non-hydrogen) atoms. The van der Waals surface area contributed by atoms with Crippen molar-refractivity contribution in [1.82, 2.24) is 9.88 Å². The molecule has 0 saturated heterocycles. The number of H-pyrrole nitrogens is 1. The lowest BCUT2D eigenvalue weighted by Gasteiger charge is -2.24. The van der Waals surface area contributed by atoms with Crippen LogP contribution in [-0.4, -0.2) is 47.7 Å². The van der Waals surface area contributed by atoms with Crippen LogP contribution in [0.4, 0.5) is 0 Å². The van der Waals surface area contributed by atoms with Gasteiger partial charge in [0.15, 0.2) is 5.78 Å². The Morgan fingerprint density at radius 1 is 1.28 bits per heavy atom. The zero-order valence-corrected chi connectivity index (χ0v) is 15.2. The summed E-state index contributed by atoms with van der Waals surface area (Å²) >= 11 is 0. The number of methoxy groups -OCH3 is 1. The Kier molecular flexibility index (Phi) is 6.17. The molecular formula is C19H26N2O4. The Hall–Kier alpha value is -2.37. The molecule has 6 heteroatoms. The molecule has 136 valence electrons. The van der Waals surface area contributed by atoms with E-state index in [0.717, 1.165) is 25.7 Å². The van der Waals surface area contributed by atoms with Gasteiger partial charge in [0.2, 0.25) is 5.91 Å². The molecule has 1 fully saturated rings. The number of aromatic amines is 1. The van der Waals surface area contributed by atoms with E-state index in [9.17, 15) is 14.4 Å². The van der Waals surface area contributed by atoms with Gasteiger partial charge in [-0.3, -0.25) is 9.59 Å². The molecule has 0 unspecified atom stereocenters. The highest BCUT2D eigenvalue weighted by Crippen LogP contribution is 2.27. The van der Waals surface area contributed by atoms with Crippen LogP contribution in [-0.2, 0) is 9.53 Å². The molecule has 1 aliphatic rings.